The molecule has 2 N–H and O–H groups in total. The smallest absolute Gasteiger partial charge is 0.124 e. The molecule has 1 unspecified atom stereocenters. The van der Waals surface area contributed by atoms with Crippen LogP contribution in [0.4, 0.5) is 0 Å². The highest BCUT2D eigenvalue weighted by atomic mass is 16.5. The van der Waals surface area contributed by atoms with Gasteiger partial charge in [0, 0.05) is 30.1 Å². The zero-order valence-electron chi connectivity index (χ0n) is 12.3. The van der Waals surface area contributed by atoms with E-state index in [0.717, 1.165) is 36.4 Å². The number of nitrogens with zero attached hydrogens (tertiary/aromatic N) is 1. The molecule has 0 amide bonds. The summed E-state index contributed by atoms with van der Waals surface area (Å²) >= 11 is 0. The Morgan fingerprint density at radius 1 is 1.24 bits per heavy atom. The lowest BCUT2D eigenvalue weighted by atomic mass is 10.2. The molecule has 1 aromatic heterocycles. The highest BCUT2D eigenvalue weighted by molar-refractivity contribution is 5.33. The third kappa shape index (κ3) is 5.53. The molecule has 1 aromatic carbocycles. The van der Waals surface area contributed by atoms with Crippen molar-refractivity contribution in [3.63, 3.8) is 0 Å². The summed E-state index contributed by atoms with van der Waals surface area (Å²) in [4.78, 5) is 4.08. The lowest BCUT2D eigenvalue weighted by Crippen LogP contribution is -2.19. The predicted octanol–water partition coefficient (Wildman–Crippen LogP) is 2.52. The number of hydrogen-bond donors (Lipinski definition) is 2. The van der Waals surface area contributed by atoms with Crippen molar-refractivity contribution in [1.82, 2.24) is 10.3 Å². The molecule has 0 aliphatic heterocycles. The van der Waals surface area contributed by atoms with E-state index in [1.807, 2.05) is 42.6 Å². The minimum atomic E-state index is -0.269. The monoisotopic (exact) mass is 286 g/mol. The third-order valence-corrected chi connectivity index (χ3v) is 3.14. The zero-order chi connectivity index (χ0) is 14.9. The lowest BCUT2D eigenvalue weighted by Gasteiger charge is -2.12. The Balaban J connectivity index is 1.87. The SMILES string of the molecule is CC(O)CCNCc1ccccc1OCc1cccnc1. The molecule has 4 heteroatoms. The number of aliphatic hydroxyl groups excluding tert-OH is 1. The summed E-state index contributed by atoms with van der Waals surface area (Å²) < 4.78 is 5.87. The van der Waals surface area contributed by atoms with Crippen LogP contribution in [0.5, 0.6) is 5.75 Å². The molecule has 0 fully saturated rings. The van der Waals surface area contributed by atoms with E-state index < -0.39 is 0 Å². The summed E-state index contributed by atoms with van der Waals surface area (Å²) in [5.74, 6) is 0.880. The van der Waals surface area contributed by atoms with Crippen molar-refractivity contribution < 1.29 is 9.84 Å². The van der Waals surface area contributed by atoms with E-state index in [1.165, 1.54) is 0 Å². The second-order valence-corrected chi connectivity index (χ2v) is 5.07. The zero-order valence-corrected chi connectivity index (χ0v) is 12.3. The van der Waals surface area contributed by atoms with Gasteiger partial charge in [0.1, 0.15) is 12.4 Å². The highest BCUT2D eigenvalue weighted by Gasteiger charge is 2.03. The van der Waals surface area contributed by atoms with Gasteiger partial charge in [-0.25, -0.2) is 0 Å². The van der Waals surface area contributed by atoms with Gasteiger partial charge in [-0.2, -0.15) is 0 Å². The molecule has 2 aromatic rings. The quantitative estimate of drug-likeness (QED) is 0.732. The van der Waals surface area contributed by atoms with Crippen LogP contribution in [-0.4, -0.2) is 22.7 Å². The molecule has 1 atom stereocenters. The Kier molecular flexibility index (Phi) is 6.19. The van der Waals surface area contributed by atoms with Crippen LogP contribution in [0.15, 0.2) is 48.8 Å². The molecule has 0 radical (unpaired) electrons. The van der Waals surface area contributed by atoms with Gasteiger partial charge in [-0.05, 0) is 32.0 Å². The van der Waals surface area contributed by atoms with Crippen LogP contribution in [-0.2, 0) is 13.2 Å². The number of hydrogen-bond acceptors (Lipinski definition) is 4. The van der Waals surface area contributed by atoms with Crippen LogP contribution in [0.25, 0.3) is 0 Å². The molecule has 2 rings (SSSR count). The van der Waals surface area contributed by atoms with Crippen LogP contribution >= 0.6 is 0 Å². The molecular formula is C17H22N2O2. The first-order valence-electron chi connectivity index (χ1n) is 7.24. The number of benzene rings is 1. The van der Waals surface area contributed by atoms with Gasteiger partial charge in [0.15, 0.2) is 0 Å². The Labute approximate surface area is 125 Å². The fourth-order valence-corrected chi connectivity index (χ4v) is 1.97. The van der Waals surface area contributed by atoms with Crippen molar-refractivity contribution in [3.8, 4) is 5.75 Å². The Bertz CT molecular complexity index is 529. The van der Waals surface area contributed by atoms with Gasteiger partial charge >= 0.3 is 0 Å². The molecule has 21 heavy (non-hydrogen) atoms. The summed E-state index contributed by atoms with van der Waals surface area (Å²) in [7, 11) is 0. The van der Waals surface area contributed by atoms with E-state index in [9.17, 15) is 5.11 Å². The van der Waals surface area contributed by atoms with Gasteiger partial charge in [0.25, 0.3) is 0 Å². The van der Waals surface area contributed by atoms with Gasteiger partial charge in [-0.15, -0.1) is 0 Å². The summed E-state index contributed by atoms with van der Waals surface area (Å²) in [5.41, 5.74) is 2.17. The van der Waals surface area contributed by atoms with Gasteiger partial charge in [-0.1, -0.05) is 24.3 Å². The fraction of sp³-hybridized carbons (Fsp3) is 0.353. The Morgan fingerprint density at radius 2 is 2.10 bits per heavy atom. The lowest BCUT2D eigenvalue weighted by molar-refractivity contribution is 0.183. The average Bonchev–Trinajstić information content (AvgIpc) is 2.51. The van der Waals surface area contributed by atoms with Crippen molar-refractivity contribution in [2.45, 2.75) is 32.6 Å². The van der Waals surface area contributed by atoms with E-state index in [1.54, 1.807) is 13.1 Å². The van der Waals surface area contributed by atoms with Gasteiger partial charge in [0.2, 0.25) is 0 Å². The average molecular weight is 286 g/mol. The first-order chi connectivity index (χ1) is 10.3. The molecule has 112 valence electrons. The standard InChI is InChI=1S/C17H22N2O2/c1-14(20)8-10-19-12-16-6-2-3-7-17(16)21-13-15-5-4-9-18-11-15/h2-7,9,11,14,19-20H,8,10,12-13H2,1H3. The van der Waals surface area contributed by atoms with Crippen LogP contribution in [0.1, 0.15) is 24.5 Å². The van der Waals surface area contributed by atoms with Crippen LogP contribution < -0.4 is 10.1 Å². The molecule has 0 bridgehead atoms. The van der Waals surface area contributed by atoms with Crippen molar-refractivity contribution in [1.29, 1.82) is 0 Å². The van der Waals surface area contributed by atoms with Crippen LogP contribution in [0.2, 0.25) is 0 Å². The van der Waals surface area contributed by atoms with E-state index in [-0.39, 0.29) is 6.10 Å². The molecule has 0 saturated carbocycles. The number of aromatic nitrogens is 1. The fourth-order valence-electron chi connectivity index (χ4n) is 1.97. The van der Waals surface area contributed by atoms with Crippen molar-refractivity contribution in [2.75, 3.05) is 6.54 Å². The topological polar surface area (TPSA) is 54.4 Å². The Morgan fingerprint density at radius 3 is 2.86 bits per heavy atom. The maximum Gasteiger partial charge on any atom is 0.124 e. The van der Waals surface area contributed by atoms with E-state index in [4.69, 9.17) is 4.74 Å². The molecule has 0 spiro atoms. The summed E-state index contributed by atoms with van der Waals surface area (Å²) in [6.07, 6.45) is 4.04. The summed E-state index contributed by atoms with van der Waals surface area (Å²) in [6, 6.07) is 11.9. The highest BCUT2D eigenvalue weighted by Crippen LogP contribution is 2.19. The maximum atomic E-state index is 9.24. The number of aliphatic hydroxyl groups is 1. The minimum absolute atomic E-state index is 0.269. The largest absolute Gasteiger partial charge is 0.489 e. The van der Waals surface area contributed by atoms with Crippen molar-refractivity contribution in [2.24, 2.45) is 0 Å². The number of ether oxygens (including phenoxy) is 1. The molecule has 1 heterocycles. The molecule has 0 aliphatic carbocycles. The molecular weight excluding hydrogens is 264 g/mol. The first-order valence-corrected chi connectivity index (χ1v) is 7.24. The van der Waals surface area contributed by atoms with E-state index in [0.29, 0.717) is 6.61 Å². The second kappa shape index (κ2) is 8.39. The number of rotatable bonds is 8. The number of pyridine rings is 1. The molecule has 4 nitrogen and oxygen atoms in total. The summed E-state index contributed by atoms with van der Waals surface area (Å²) in [5, 5.41) is 12.6. The second-order valence-electron chi connectivity index (χ2n) is 5.07. The molecule has 0 aliphatic rings. The van der Waals surface area contributed by atoms with Crippen LogP contribution in [0.3, 0.4) is 0 Å². The van der Waals surface area contributed by atoms with E-state index >= 15 is 0 Å². The van der Waals surface area contributed by atoms with Gasteiger partial charge in [0.05, 0.1) is 6.10 Å². The normalized spacial score (nSPS) is 12.1. The number of para-hydroxylation sites is 1. The van der Waals surface area contributed by atoms with Gasteiger partial charge < -0.3 is 15.2 Å². The van der Waals surface area contributed by atoms with Crippen LogP contribution in [0, 0.1) is 0 Å². The predicted molar refractivity (Wildman–Crippen MR) is 83.0 cm³/mol. The van der Waals surface area contributed by atoms with Gasteiger partial charge in [-0.3, -0.25) is 4.98 Å². The van der Waals surface area contributed by atoms with Crippen molar-refractivity contribution in [3.05, 3.63) is 59.9 Å². The first kappa shape index (κ1) is 15.5. The minimum Gasteiger partial charge on any atom is -0.489 e. The maximum absolute atomic E-state index is 9.24. The molecule has 0 saturated heterocycles. The van der Waals surface area contributed by atoms with E-state index in [2.05, 4.69) is 10.3 Å². The Hall–Kier alpha value is -1.91. The number of nitrogens with one attached hydrogen (secondary N) is 1. The summed E-state index contributed by atoms with van der Waals surface area (Å²) in [6.45, 7) is 3.83. The van der Waals surface area contributed by atoms with Crippen molar-refractivity contribution >= 4 is 0 Å². The third-order valence-electron chi connectivity index (χ3n) is 3.14.